The molecule has 3 rings (SSSR count). The molecule has 3 aromatic rings. The van der Waals surface area contributed by atoms with Crippen LogP contribution in [0.1, 0.15) is 18.9 Å². The average molecular weight is 266 g/mol. The second-order valence-electron chi connectivity index (χ2n) is 4.99. The Morgan fingerprint density at radius 1 is 1.10 bits per heavy atom. The third-order valence-electron chi connectivity index (χ3n) is 3.58. The highest BCUT2D eigenvalue weighted by Gasteiger charge is 2.11. The van der Waals surface area contributed by atoms with Crippen molar-refractivity contribution in [3.8, 4) is 5.69 Å². The monoisotopic (exact) mass is 266 g/mol. The largest absolute Gasteiger partial charge is 0.327 e. The minimum atomic E-state index is 0.172. The van der Waals surface area contributed by atoms with Crippen molar-refractivity contribution in [2.24, 2.45) is 5.73 Å². The summed E-state index contributed by atoms with van der Waals surface area (Å²) in [6.07, 6.45) is 1.81. The molecule has 0 aliphatic carbocycles. The van der Waals surface area contributed by atoms with E-state index in [1.807, 2.05) is 41.1 Å². The van der Waals surface area contributed by atoms with E-state index in [-0.39, 0.29) is 6.04 Å². The fourth-order valence-corrected chi connectivity index (χ4v) is 2.36. The molecular weight excluding hydrogens is 248 g/mol. The fourth-order valence-electron chi connectivity index (χ4n) is 2.36. The predicted molar refractivity (Wildman–Crippen MR) is 80.8 cm³/mol. The van der Waals surface area contributed by atoms with Crippen LogP contribution in [0.15, 0.2) is 48.5 Å². The van der Waals surface area contributed by atoms with Crippen molar-refractivity contribution in [3.05, 3.63) is 54.1 Å². The molecule has 102 valence electrons. The summed E-state index contributed by atoms with van der Waals surface area (Å²) in [4.78, 5) is 0. The summed E-state index contributed by atoms with van der Waals surface area (Å²) >= 11 is 0. The van der Waals surface area contributed by atoms with Gasteiger partial charge >= 0.3 is 0 Å². The molecule has 2 aromatic carbocycles. The first-order valence-corrected chi connectivity index (χ1v) is 6.94. The standard InChI is InChI=1S/C16H18N4/c1-2-13(17)11-12-7-3-5-9-15(12)20-16-10-6-4-8-14(16)18-19-20/h3-10,13H,2,11,17H2,1H3. The maximum atomic E-state index is 6.09. The summed E-state index contributed by atoms with van der Waals surface area (Å²) in [7, 11) is 0. The molecule has 0 amide bonds. The van der Waals surface area contributed by atoms with Crippen LogP contribution in [-0.2, 0) is 6.42 Å². The number of para-hydroxylation sites is 2. The van der Waals surface area contributed by atoms with Gasteiger partial charge in [0.25, 0.3) is 0 Å². The summed E-state index contributed by atoms with van der Waals surface area (Å²) in [5.74, 6) is 0. The minimum Gasteiger partial charge on any atom is -0.327 e. The van der Waals surface area contributed by atoms with Crippen LogP contribution >= 0.6 is 0 Å². The molecule has 1 atom stereocenters. The van der Waals surface area contributed by atoms with Crippen LogP contribution < -0.4 is 5.73 Å². The lowest BCUT2D eigenvalue weighted by molar-refractivity contribution is 0.642. The fraction of sp³-hybridized carbons (Fsp3) is 0.250. The molecule has 1 unspecified atom stereocenters. The molecule has 0 radical (unpaired) electrons. The maximum absolute atomic E-state index is 6.09. The Balaban J connectivity index is 2.10. The van der Waals surface area contributed by atoms with Gasteiger partial charge in [-0.1, -0.05) is 42.5 Å². The van der Waals surface area contributed by atoms with E-state index in [0.29, 0.717) is 0 Å². The van der Waals surface area contributed by atoms with E-state index >= 15 is 0 Å². The summed E-state index contributed by atoms with van der Waals surface area (Å²) in [6.45, 7) is 2.11. The van der Waals surface area contributed by atoms with Gasteiger partial charge in [-0.15, -0.1) is 5.10 Å². The molecule has 1 heterocycles. The second-order valence-corrected chi connectivity index (χ2v) is 4.99. The Labute approximate surface area is 118 Å². The van der Waals surface area contributed by atoms with Crippen LogP contribution in [0.5, 0.6) is 0 Å². The van der Waals surface area contributed by atoms with Crippen molar-refractivity contribution in [1.29, 1.82) is 0 Å². The Kier molecular flexibility index (Phi) is 3.48. The number of hydrogen-bond acceptors (Lipinski definition) is 3. The van der Waals surface area contributed by atoms with Crippen LogP contribution in [0, 0.1) is 0 Å². The molecule has 0 saturated carbocycles. The van der Waals surface area contributed by atoms with E-state index in [4.69, 9.17) is 5.73 Å². The van der Waals surface area contributed by atoms with Crippen LogP contribution in [0.4, 0.5) is 0 Å². The zero-order valence-corrected chi connectivity index (χ0v) is 11.5. The molecule has 0 fully saturated rings. The first-order chi connectivity index (χ1) is 9.79. The van der Waals surface area contributed by atoms with Gasteiger partial charge in [0.15, 0.2) is 0 Å². The van der Waals surface area contributed by atoms with E-state index in [1.54, 1.807) is 0 Å². The van der Waals surface area contributed by atoms with Crippen molar-refractivity contribution in [2.45, 2.75) is 25.8 Å². The van der Waals surface area contributed by atoms with E-state index in [0.717, 1.165) is 29.6 Å². The van der Waals surface area contributed by atoms with Crippen molar-refractivity contribution in [3.63, 3.8) is 0 Å². The zero-order valence-electron chi connectivity index (χ0n) is 11.5. The minimum absolute atomic E-state index is 0.172. The van der Waals surface area contributed by atoms with E-state index < -0.39 is 0 Å². The molecule has 0 saturated heterocycles. The smallest absolute Gasteiger partial charge is 0.113 e. The third kappa shape index (κ3) is 2.30. The summed E-state index contributed by atoms with van der Waals surface area (Å²) in [6, 6.07) is 16.4. The highest BCUT2D eigenvalue weighted by Crippen LogP contribution is 2.20. The van der Waals surface area contributed by atoms with E-state index in [1.165, 1.54) is 5.56 Å². The van der Waals surface area contributed by atoms with Gasteiger partial charge in [0.05, 0.1) is 11.2 Å². The number of hydrogen-bond donors (Lipinski definition) is 1. The highest BCUT2D eigenvalue weighted by molar-refractivity contribution is 5.76. The van der Waals surface area contributed by atoms with Gasteiger partial charge in [-0.25, -0.2) is 4.68 Å². The predicted octanol–water partition coefficient (Wildman–Crippen LogP) is 2.70. The van der Waals surface area contributed by atoms with Crippen molar-refractivity contribution in [2.75, 3.05) is 0 Å². The lowest BCUT2D eigenvalue weighted by atomic mass is 10.0. The first-order valence-electron chi connectivity index (χ1n) is 6.94. The second kappa shape index (κ2) is 5.43. The van der Waals surface area contributed by atoms with Gasteiger partial charge in [-0.2, -0.15) is 0 Å². The number of fused-ring (bicyclic) bond motifs is 1. The van der Waals surface area contributed by atoms with Crippen LogP contribution in [0.2, 0.25) is 0 Å². The Morgan fingerprint density at radius 2 is 1.85 bits per heavy atom. The zero-order chi connectivity index (χ0) is 13.9. The molecule has 4 nitrogen and oxygen atoms in total. The molecule has 20 heavy (non-hydrogen) atoms. The van der Waals surface area contributed by atoms with E-state index in [2.05, 4.69) is 29.4 Å². The van der Waals surface area contributed by atoms with Gasteiger partial charge in [-0.05, 0) is 36.6 Å². The number of benzene rings is 2. The number of rotatable bonds is 4. The Hall–Kier alpha value is -2.20. The van der Waals surface area contributed by atoms with Crippen LogP contribution in [0.3, 0.4) is 0 Å². The number of nitrogens with zero attached hydrogens (tertiary/aromatic N) is 3. The lowest BCUT2D eigenvalue weighted by Gasteiger charge is -2.13. The number of nitrogens with two attached hydrogens (primary N) is 1. The van der Waals surface area contributed by atoms with E-state index in [9.17, 15) is 0 Å². The quantitative estimate of drug-likeness (QED) is 0.790. The molecule has 4 heteroatoms. The van der Waals surface area contributed by atoms with Crippen LogP contribution in [0.25, 0.3) is 16.7 Å². The van der Waals surface area contributed by atoms with Crippen molar-refractivity contribution in [1.82, 2.24) is 15.0 Å². The van der Waals surface area contributed by atoms with Crippen molar-refractivity contribution < 1.29 is 0 Å². The Bertz CT molecular complexity index is 717. The summed E-state index contributed by atoms with van der Waals surface area (Å²) in [5.41, 5.74) is 10.3. The van der Waals surface area contributed by atoms with Gasteiger partial charge in [-0.3, -0.25) is 0 Å². The first kappa shape index (κ1) is 12.8. The van der Waals surface area contributed by atoms with Gasteiger partial charge in [0.1, 0.15) is 5.52 Å². The molecule has 0 aliphatic heterocycles. The molecule has 0 spiro atoms. The van der Waals surface area contributed by atoms with Gasteiger partial charge in [0.2, 0.25) is 0 Å². The van der Waals surface area contributed by atoms with Gasteiger partial charge in [0, 0.05) is 6.04 Å². The third-order valence-corrected chi connectivity index (χ3v) is 3.58. The molecule has 2 N–H and O–H groups in total. The number of aromatic nitrogens is 3. The lowest BCUT2D eigenvalue weighted by Crippen LogP contribution is -2.22. The molecular formula is C16H18N4. The summed E-state index contributed by atoms with van der Waals surface area (Å²) in [5, 5.41) is 8.50. The molecule has 0 bridgehead atoms. The van der Waals surface area contributed by atoms with Crippen LogP contribution in [-0.4, -0.2) is 21.0 Å². The average Bonchev–Trinajstić information content (AvgIpc) is 2.91. The normalized spacial score (nSPS) is 12.7. The Morgan fingerprint density at radius 3 is 2.70 bits per heavy atom. The molecule has 0 aliphatic rings. The topological polar surface area (TPSA) is 56.7 Å². The maximum Gasteiger partial charge on any atom is 0.113 e. The highest BCUT2D eigenvalue weighted by atomic mass is 15.4. The van der Waals surface area contributed by atoms with Crippen molar-refractivity contribution >= 4 is 11.0 Å². The summed E-state index contributed by atoms with van der Waals surface area (Å²) < 4.78 is 1.90. The molecule has 1 aromatic heterocycles. The SMILES string of the molecule is CCC(N)Cc1ccccc1-n1nnc2ccccc21. The van der Waals surface area contributed by atoms with Gasteiger partial charge < -0.3 is 5.73 Å².